The van der Waals surface area contributed by atoms with Gasteiger partial charge in [-0.25, -0.2) is 0 Å². The number of benzene rings is 1. The van der Waals surface area contributed by atoms with Crippen molar-refractivity contribution in [1.29, 1.82) is 0 Å². The summed E-state index contributed by atoms with van der Waals surface area (Å²) < 4.78 is 10.6. The summed E-state index contributed by atoms with van der Waals surface area (Å²) in [6, 6.07) is 8.66. The van der Waals surface area contributed by atoms with Crippen LogP contribution < -0.4 is 4.74 Å². The van der Waals surface area contributed by atoms with Crippen LogP contribution in [0.5, 0.6) is 5.75 Å². The number of aldehydes is 1. The van der Waals surface area contributed by atoms with E-state index < -0.39 is 6.10 Å². The van der Waals surface area contributed by atoms with E-state index in [0.717, 1.165) is 11.1 Å². The smallest absolute Gasteiger partial charge is 0.185 e. The lowest BCUT2D eigenvalue weighted by Gasteiger charge is -2.10. The second-order valence-corrected chi connectivity index (χ2v) is 3.96. The number of carbonyl (C=O) groups excluding carboxylic acids is 1. The molecule has 0 fully saturated rings. The van der Waals surface area contributed by atoms with Gasteiger partial charge in [0.25, 0.3) is 0 Å². The molecule has 1 aromatic heterocycles. The van der Waals surface area contributed by atoms with Crippen LogP contribution in [0.3, 0.4) is 0 Å². The van der Waals surface area contributed by atoms with Crippen LogP contribution in [0.15, 0.2) is 34.7 Å². The number of furan rings is 1. The molecule has 0 radical (unpaired) electrons. The van der Waals surface area contributed by atoms with Gasteiger partial charge < -0.3 is 14.3 Å². The van der Waals surface area contributed by atoms with Crippen LogP contribution in [0.1, 0.15) is 29.1 Å². The van der Waals surface area contributed by atoms with E-state index in [-0.39, 0.29) is 5.76 Å². The van der Waals surface area contributed by atoms with E-state index in [1.165, 1.54) is 0 Å². The number of methoxy groups -OCH3 is 1. The van der Waals surface area contributed by atoms with Crippen LogP contribution in [0.25, 0.3) is 11.3 Å². The number of rotatable bonds is 4. The van der Waals surface area contributed by atoms with Gasteiger partial charge in [-0.2, -0.15) is 0 Å². The molecule has 1 heterocycles. The molecule has 4 heteroatoms. The van der Waals surface area contributed by atoms with Crippen molar-refractivity contribution in [3.63, 3.8) is 0 Å². The molecule has 18 heavy (non-hydrogen) atoms. The highest BCUT2D eigenvalue weighted by Crippen LogP contribution is 2.33. The Morgan fingerprint density at radius 2 is 2.11 bits per heavy atom. The van der Waals surface area contributed by atoms with Crippen molar-refractivity contribution < 1.29 is 19.1 Å². The first-order chi connectivity index (χ1) is 8.65. The zero-order valence-electron chi connectivity index (χ0n) is 10.2. The highest BCUT2D eigenvalue weighted by Gasteiger charge is 2.12. The number of hydrogen-bond acceptors (Lipinski definition) is 4. The molecule has 0 aliphatic rings. The van der Waals surface area contributed by atoms with Gasteiger partial charge in [-0.05, 0) is 36.8 Å². The molecule has 0 bridgehead atoms. The highest BCUT2D eigenvalue weighted by atomic mass is 16.5. The summed E-state index contributed by atoms with van der Waals surface area (Å²) in [6.45, 7) is 1.69. The van der Waals surface area contributed by atoms with Gasteiger partial charge >= 0.3 is 0 Å². The molecular weight excluding hydrogens is 232 g/mol. The van der Waals surface area contributed by atoms with Crippen molar-refractivity contribution >= 4 is 6.29 Å². The molecule has 1 aromatic carbocycles. The SMILES string of the molecule is COc1cc(C(C)O)ccc1-c1ccc(C=O)o1. The van der Waals surface area contributed by atoms with Gasteiger partial charge in [-0.1, -0.05) is 6.07 Å². The maximum atomic E-state index is 10.6. The molecule has 94 valence electrons. The fourth-order valence-corrected chi connectivity index (χ4v) is 1.73. The van der Waals surface area contributed by atoms with Crippen LogP contribution in [-0.2, 0) is 0 Å². The predicted molar refractivity (Wildman–Crippen MR) is 66.7 cm³/mol. The number of aliphatic hydroxyl groups is 1. The van der Waals surface area contributed by atoms with E-state index >= 15 is 0 Å². The van der Waals surface area contributed by atoms with Crippen LogP contribution in [0.2, 0.25) is 0 Å². The summed E-state index contributed by atoms with van der Waals surface area (Å²) in [7, 11) is 1.55. The first-order valence-corrected chi connectivity index (χ1v) is 5.57. The Morgan fingerprint density at radius 3 is 2.67 bits per heavy atom. The standard InChI is InChI=1S/C14H14O4/c1-9(16)10-3-5-12(14(7-10)17-2)13-6-4-11(8-15)18-13/h3-9,16H,1-2H3. The average Bonchev–Trinajstić information content (AvgIpc) is 2.86. The summed E-state index contributed by atoms with van der Waals surface area (Å²) >= 11 is 0. The minimum atomic E-state index is -0.560. The molecule has 1 atom stereocenters. The minimum Gasteiger partial charge on any atom is -0.496 e. The van der Waals surface area contributed by atoms with Gasteiger partial charge in [0.2, 0.25) is 0 Å². The van der Waals surface area contributed by atoms with E-state index in [0.29, 0.717) is 17.8 Å². The van der Waals surface area contributed by atoms with Crippen LogP contribution in [0.4, 0.5) is 0 Å². The van der Waals surface area contributed by atoms with Gasteiger partial charge in [0, 0.05) is 0 Å². The molecule has 0 aliphatic carbocycles. The molecule has 0 saturated carbocycles. The van der Waals surface area contributed by atoms with Crippen molar-refractivity contribution in [2.45, 2.75) is 13.0 Å². The zero-order valence-corrected chi connectivity index (χ0v) is 10.2. The van der Waals surface area contributed by atoms with E-state index in [1.807, 2.05) is 0 Å². The summed E-state index contributed by atoms with van der Waals surface area (Å²) in [5, 5.41) is 9.52. The predicted octanol–water partition coefficient (Wildman–Crippen LogP) is 2.82. The Labute approximate surface area is 105 Å². The zero-order chi connectivity index (χ0) is 13.1. The topological polar surface area (TPSA) is 59.7 Å². The molecule has 2 rings (SSSR count). The van der Waals surface area contributed by atoms with Gasteiger partial charge in [0.05, 0.1) is 18.8 Å². The van der Waals surface area contributed by atoms with Gasteiger partial charge in [0.1, 0.15) is 11.5 Å². The lowest BCUT2D eigenvalue weighted by molar-refractivity contribution is 0.110. The quantitative estimate of drug-likeness (QED) is 0.843. The van der Waals surface area contributed by atoms with Gasteiger partial charge in [-0.3, -0.25) is 4.79 Å². The first kappa shape index (κ1) is 12.4. The molecule has 1 N–H and O–H groups in total. The van der Waals surface area contributed by atoms with Gasteiger partial charge in [0.15, 0.2) is 12.0 Å². The Bertz CT molecular complexity index is 555. The first-order valence-electron chi connectivity index (χ1n) is 5.57. The number of ether oxygens (including phenoxy) is 1. The molecule has 0 spiro atoms. The third-order valence-electron chi connectivity index (χ3n) is 2.72. The molecule has 0 aliphatic heterocycles. The Morgan fingerprint density at radius 1 is 1.33 bits per heavy atom. The number of aliphatic hydroxyl groups excluding tert-OH is 1. The Balaban J connectivity index is 2.47. The van der Waals surface area contributed by atoms with Crippen LogP contribution in [0, 0.1) is 0 Å². The lowest BCUT2D eigenvalue weighted by atomic mass is 10.1. The van der Waals surface area contributed by atoms with Crippen molar-refractivity contribution in [2.75, 3.05) is 7.11 Å². The largest absolute Gasteiger partial charge is 0.496 e. The normalized spacial score (nSPS) is 12.2. The molecule has 2 aromatic rings. The van der Waals surface area contributed by atoms with E-state index in [1.54, 1.807) is 44.4 Å². The second-order valence-electron chi connectivity index (χ2n) is 3.96. The number of hydrogen-bond donors (Lipinski definition) is 1. The van der Waals surface area contributed by atoms with E-state index in [2.05, 4.69) is 0 Å². The Hall–Kier alpha value is -2.07. The van der Waals surface area contributed by atoms with Crippen molar-refractivity contribution in [3.8, 4) is 17.1 Å². The summed E-state index contributed by atoms with van der Waals surface area (Å²) in [6.07, 6.45) is 0.0928. The third-order valence-corrected chi connectivity index (χ3v) is 2.72. The maximum Gasteiger partial charge on any atom is 0.185 e. The second kappa shape index (κ2) is 5.06. The third kappa shape index (κ3) is 2.28. The van der Waals surface area contributed by atoms with E-state index in [4.69, 9.17) is 9.15 Å². The van der Waals surface area contributed by atoms with Crippen LogP contribution in [-0.4, -0.2) is 18.5 Å². The molecule has 0 amide bonds. The summed E-state index contributed by atoms with van der Waals surface area (Å²) in [4.78, 5) is 10.6. The monoisotopic (exact) mass is 246 g/mol. The molecule has 4 nitrogen and oxygen atoms in total. The molecule has 1 unspecified atom stereocenters. The summed E-state index contributed by atoms with van der Waals surface area (Å²) in [5.74, 6) is 1.43. The van der Waals surface area contributed by atoms with E-state index in [9.17, 15) is 9.90 Å². The fourth-order valence-electron chi connectivity index (χ4n) is 1.73. The van der Waals surface area contributed by atoms with Crippen molar-refractivity contribution in [2.24, 2.45) is 0 Å². The van der Waals surface area contributed by atoms with Crippen molar-refractivity contribution in [1.82, 2.24) is 0 Å². The summed E-state index contributed by atoms with van der Waals surface area (Å²) in [5.41, 5.74) is 1.51. The Kier molecular flexibility index (Phi) is 3.48. The average molecular weight is 246 g/mol. The highest BCUT2D eigenvalue weighted by molar-refractivity contribution is 5.74. The molecule has 0 saturated heterocycles. The van der Waals surface area contributed by atoms with Crippen LogP contribution >= 0.6 is 0 Å². The molecular formula is C14H14O4. The van der Waals surface area contributed by atoms with Crippen molar-refractivity contribution in [3.05, 3.63) is 41.7 Å². The maximum absolute atomic E-state index is 10.6. The van der Waals surface area contributed by atoms with Gasteiger partial charge in [-0.15, -0.1) is 0 Å². The number of carbonyl (C=O) groups is 1. The fraction of sp³-hybridized carbons (Fsp3) is 0.214. The lowest BCUT2D eigenvalue weighted by Crippen LogP contribution is -1.94. The minimum absolute atomic E-state index is 0.270.